The summed E-state index contributed by atoms with van der Waals surface area (Å²) in [6.07, 6.45) is 0.949. The zero-order valence-corrected chi connectivity index (χ0v) is 12.7. The zero-order chi connectivity index (χ0) is 15.6. The van der Waals surface area contributed by atoms with Crippen molar-refractivity contribution in [2.75, 3.05) is 25.0 Å². The van der Waals surface area contributed by atoms with Gasteiger partial charge in [-0.1, -0.05) is 13.8 Å². The number of anilines is 1. The van der Waals surface area contributed by atoms with Crippen LogP contribution in [0.3, 0.4) is 0 Å². The van der Waals surface area contributed by atoms with Gasteiger partial charge >= 0.3 is 0 Å². The zero-order valence-electron chi connectivity index (χ0n) is 12.7. The van der Waals surface area contributed by atoms with Crippen LogP contribution < -0.4 is 5.32 Å². The third-order valence-electron chi connectivity index (χ3n) is 3.78. The number of nitro benzene ring substituents is 1. The van der Waals surface area contributed by atoms with Gasteiger partial charge in [-0.2, -0.15) is 0 Å². The highest BCUT2D eigenvalue weighted by Gasteiger charge is 2.33. The van der Waals surface area contributed by atoms with E-state index in [2.05, 4.69) is 19.2 Å². The van der Waals surface area contributed by atoms with Gasteiger partial charge in [-0.05, 0) is 24.8 Å². The molecule has 0 unspecified atom stereocenters. The summed E-state index contributed by atoms with van der Waals surface area (Å²) in [7, 11) is 0. The largest absolute Gasteiger partial charge is 0.385 e. The maximum absolute atomic E-state index is 12.7. The highest BCUT2D eigenvalue weighted by molar-refractivity contribution is 6.00. The molecule has 0 aliphatic carbocycles. The lowest BCUT2D eigenvalue weighted by Gasteiger charge is -2.21. The summed E-state index contributed by atoms with van der Waals surface area (Å²) in [5.74, 6) is -0.139. The van der Waals surface area contributed by atoms with Crippen molar-refractivity contribution in [1.29, 1.82) is 0 Å². The third-order valence-corrected chi connectivity index (χ3v) is 3.78. The number of rotatable bonds is 4. The molecule has 1 aromatic rings. The Bertz CT molecular complexity index is 569. The first kappa shape index (κ1) is 15.3. The van der Waals surface area contributed by atoms with Crippen molar-refractivity contribution >= 4 is 17.3 Å². The van der Waals surface area contributed by atoms with E-state index in [1.54, 1.807) is 11.0 Å². The molecule has 1 fully saturated rings. The van der Waals surface area contributed by atoms with E-state index in [9.17, 15) is 14.9 Å². The normalized spacial score (nSPS) is 16.8. The van der Waals surface area contributed by atoms with Crippen LogP contribution in [0.25, 0.3) is 0 Å². The summed E-state index contributed by atoms with van der Waals surface area (Å²) in [4.78, 5) is 24.9. The first-order valence-corrected chi connectivity index (χ1v) is 7.15. The number of nitro groups is 1. The number of carbonyl (C=O) groups is 1. The molecule has 114 valence electrons. The lowest BCUT2D eigenvalue weighted by atomic mass is 9.93. The first-order chi connectivity index (χ1) is 9.84. The lowest BCUT2D eigenvalue weighted by Crippen LogP contribution is -2.30. The van der Waals surface area contributed by atoms with Crippen molar-refractivity contribution < 1.29 is 9.72 Å². The molecular weight excluding hydrogens is 270 g/mol. The number of nitrogens with zero attached hydrogens (tertiary/aromatic N) is 2. The fraction of sp³-hybridized carbons (Fsp3) is 0.533. The number of benzene rings is 1. The van der Waals surface area contributed by atoms with Crippen LogP contribution in [0.5, 0.6) is 0 Å². The number of nitrogens with one attached hydrogen (secondary N) is 1. The van der Waals surface area contributed by atoms with Crippen LogP contribution in [0.1, 0.15) is 37.6 Å². The fourth-order valence-electron chi connectivity index (χ4n) is 2.62. The second kappa shape index (κ2) is 5.71. The summed E-state index contributed by atoms with van der Waals surface area (Å²) in [6.45, 7) is 8.20. The van der Waals surface area contributed by atoms with Gasteiger partial charge in [0.15, 0.2) is 0 Å². The van der Waals surface area contributed by atoms with Gasteiger partial charge in [-0.15, -0.1) is 0 Å². The summed E-state index contributed by atoms with van der Waals surface area (Å²) < 4.78 is 0. The van der Waals surface area contributed by atoms with Crippen LogP contribution in [-0.2, 0) is 0 Å². The summed E-state index contributed by atoms with van der Waals surface area (Å²) in [6, 6.07) is 4.39. The molecule has 1 aliphatic heterocycles. The summed E-state index contributed by atoms with van der Waals surface area (Å²) in [5, 5.41) is 14.0. The number of carbonyl (C=O) groups excluding carboxylic acids is 1. The molecule has 1 amide bonds. The fourth-order valence-corrected chi connectivity index (χ4v) is 2.62. The van der Waals surface area contributed by atoms with E-state index >= 15 is 0 Å². The molecule has 0 aromatic heterocycles. The van der Waals surface area contributed by atoms with E-state index in [4.69, 9.17) is 0 Å². The van der Waals surface area contributed by atoms with Crippen molar-refractivity contribution in [2.24, 2.45) is 5.41 Å². The monoisotopic (exact) mass is 291 g/mol. The highest BCUT2D eigenvalue weighted by Crippen LogP contribution is 2.31. The van der Waals surface area contributed by atoms with E-state index in [0.717, 1.165) is 6.42 Å². The second-order valence-corrected chi connectivity index (χ2v) is 6.16. The van der Waals surface area contributed by atoms with E-state index in [1.165, 1.54) is 12.1 Å². The van der Waals surface area contributed by atoms with Gasteiger partial charge in [-0.25, -0.2) is 0 Å². The average Bonchev–Trinajstić information content (AvgIpc) is 2.79. The second-order valence-electron chi connectivity index (χ2n) is 6.16. The Morgan fingerprint density at radius 2 is 2.19 bits per heavy atom. The van der Waals surface area contributed by atoms with Crippen LogP contribution in [0.2, 0.25) is 0 Å². The molecule has 1 aliphatic rings. The number of likely N-dealkylation sites (tertiary alicyclic amines) is 1. The molecule has 0 radical (unpaired) electrons. The van der Waals surface area contributed by atoms with Gasteiger partial charge in [0.1, 0.15) is 0 Å². The molecule has 2 rings (SSSR count). The Morgan fingerprint density at radius 3 is 2.71 bits per heavy atom. The molecule has 0 bridgehead atoms. The molecule has 0 atom stereocenters. The van der Waals surface area contributed by atoms with Gasteiger partial charge in [0.05, 0.1) is 10.5 Å². The minimum Gasteiger partial charge on any atom is -0.385 e. The van der Waals surface area contributed by atoms with Gasteiger partial charge in [0.2, 0.25) is 0 Å². The molecule has 6 heteroatoms. The van der Waals surface area contributed by atoms with Crippen molar-refractivity contribution in [3.63, 3.8) is 0 Å². The lowest BCUT2D eigenvalue weighted by molar-refractivity contribution is -0.384. The Kier molecular flexibility index (Phi) is 4.16. The maximum Gasteiger partial charge on any atom is 0.270 e. The average molecular weight is 291 g/mol. The van der Waals surface area contributed by atoms with Gasteiger partial charge in [0, 0.05) is 37.5 Å². The van der Waals surface area contributed by atoms with E-state index in [0.29, 0.717) is 30.9 Å². The van der Waals surface area contributed by atoms with Crippen LogP contribution >= 0.6 is 0 Å². The summed E-state index contributed by atoms with van der Waals surface area (Å²) >= 11 is 0. The number of hydrogen-bond donors (Lipinski definition) is 1. The molecule has 1 saturated heterocycles. The molecule has 1 N–H and O–H groups in total. The Morgan fingerprint density at radius 1 is 1.48 bits per heavy atom. The smallest absolute Gasteiger partial charge is 0.270 e. The first-order valence-electron chi connectivity index (χ1n) is 7.15. The van der Waals surface area contributed by atoms with Crippen molar-refractivity contribution in [2.45, 2.75) is 27.2 Å². The topological polar surface area (TPSA) is 75.5 Å². The number of hydrogen-bond acceptors (Lipinski definition) is 4. The predicted octanol–water partition coefficient (Wildman–Crippen LogP) is 2.90. The quantitative estimate of drug-likeness (QED) is 0.683. The van der Waals surface area contributed by atoms with Crippen molar-refractivity contribution in [3.8, 4) is 0 Å². The van der Waals surface area contributed by atoms with Gasteiger partial charge in [0.25, 0.3) is 11.6 Å². The van der Waals surface area contributed by atoms with E-state index in [1.807, 2.05) is 6.92 Å². The highest BCUT2D eigenvalue weighted by atomic mass is 16.6. The predicted molar refractivity (Wildman–Crippen MR) is 81.6 cm³/mol. The van der Waals surface area contributed by atoms with E-state index < -0.39 is 4.92 Å². The third kappa shape index (κ3) is 3.32. The minimum absolute atomic E-state index is 0.0570. The SMILES string of the molecule is CCNc1ccc([N+](=O)[O-])cc1C(=O)N1CCC(C)(C)C1. The maximum atomic E-state index is 12.7. The molecule has 0 saturated carbocycles. The Hall–Kier alpha value is -2.11. The number of non-ortho nitro benzene ring substituents is 1. The molecular formula is C15H21N3O3. The van der Waals surface area contributed by atoms with Crippen LogP contribution in [0.4, 0.5) is 11.4 Å². The standard InChI is InChI=1S/C15H21N3O3/c1-4-16-13-6-5-11(18(20)21)9-12(13)14(19)17-8-7-15(2,3)10-17/h5-6,9,16H,4,7-8,10H2,1-3H3. The summed E-state index contributed by atoms with van der Waals surface area (Å²) in [5.41, 5.74) is 1.08. The van der Waals surface area contributed by atoms with Gasteiger partial charge in [-0.3, -0.25) is 14.9 Å². The van der Waals surface area contributed by atoms with Crippen molar-refractivity contribution in [3.05, 3.63) is 33.9 Å². The molecule has 0 spiro atoms. The molecule has 1 heterocycles. The Labute approximate surface area is 124 Å². The molecule has 6 nitrogen and oxygen atoms in total. The van der Waals surface area contributed by atoms with Crippen LogP contribution in [-0.4, -0.2) is 35.4 Å². The Balaban J connectivity index is 2.33. The van der Waals surface area contributed by atoms with Crippen LogP contribution in [0.15, 0.2) is 18.2 Å². The molecule has 1 aromatic carbocycles. The van der Waals surface area contributed by atoms with Gasteiger partial charge < -0.3 is 10.2 Å². The molecule has 21 heavy (non-hydrogen) atoms. The van der Waals surface area contributed by atoms with E-state index in [-0.39, 0.29) is 17.0 Å². The number of amides is 1. The van der Waals surface area contributed by atoms with Crippen molar-refractivity contribution in [1.82, 2.24) is 4.90 Å². The minimum atomic E-state index is -0.472. The van der Waals surface area contributed by atoms with Crippen LogP contribution in [0, 0.1) is 15.5 Å².